The summed E-state index contributed by atoms with van der Waals surface area (Å²) in [5.74, 6) is -1.34. The second-order valence-corrected chi connectivity index (χ2v) is 6.01. The molecule has 1 rings (SSSR count). The molecule has 8 nitrogen and oxygen atoms in total. The molecule has 0 fully saturated rings. The maximum Gasteiger partial charge on any atom is 0.318 e. The highest BCUT2D eigenvalue weighted by Crippen LogP contribution is 2.28. The summed E-state index contributed by atoms with van der Waals surface area (Å²) in [6, 6.07) is 2.96. The first-order valence-corrected chi connectivity index (χ1v) is 7.17. The second-order valence-electron chi connectivity index (χ2n) is 3.70. The van der Waals surface area contributed by atoms with Crippen molar-refractivity contribution in [3.8, 4) is 0 Å². The number of sulfonamides is 1. The maximum atomic E-state index is 12.3. The lowest BCUT2D eigenvalue weighted by Gasteiger charge is -2.18. The summed E-state index contributed by atoms with van der Waals surface area (Å²) in [6.45, 7) is 0.594. The Morgan fingerprint density at radius 2 is 2.10 bits per heavy atom. The van der Waals surface area contributed by atoms with Crippen molar-refractivity contribution in [1.29, 1.82) is 0 Å². The van der Waals surface area contributed by atoms with Crippen molar-refractivity contribution in [3.05, 3.63) is 33.3 Å². The highest BCUT2D eigenvalue weighted by Gasteiger charge is 2.29. The minimum Gasteiger partial charge on any atom is -0.480 e. The summed E-state index contributed by atoms with van der Waals surface area (Å²) in [7, 11) is -4.22. The monoisotopic (exact) mass is 322 g/mol. The fourth-order valence-electron chi connectivity index (χ4n) is 1.46. The average Bonchev–Trinajstić information content (AvgIpc) is 2.35. The van der Waals surface area contributed by atoms with Crippen molar-refractivity contribution in [2.45, 2.75) is 11.8 Å². The van der Waals surface area contributed by atoms with E-state index in [4.69, 9.17) is 16.7 Å². The lowest BCUT2D eigenvalue weighted by molar-refractivity contribution is -0.385. The van der Waals surface area contributed by atoms with E-state index in [2.05, 4.69) is 0 Å². The molecule has 20 heavy (non-hydrogen) atoms. The van der Waals surface area contributed by atoms with Crippen LogP contribution in [0, 0.1) is 10.1 Å². The second kappa shape index (κ2) is 6.16. The van der Waals surface area contributed by atoms with Crippen molar-refractivity contribution in [2.24, 2.45) is 0 Å². The Hall–Kier alpha value is -1.71. The third kappa shape index (κ3) is 3.44. The fraction of sp³-hybridized carbons (Fsp3) is 0.300. The van der Waals surface area contributed by atoms with Crippen LogP contribution in [0.2, 0.25) is 5.02 Å². The number of likely N-dealkylation sites (N-methyl/N-ethyl adjacent to an activating group) is 1. The molecule has 0 aliphatic rings. The van der Waals surface area contributed by atoms with E-state index >= 15 is 0 Å². The molecule has 0 amide bonds. The van der Waals surface area contributed by atoms with Crippen LogP contribution in [0.3, 0.4) is 0 Å². The number of hydrogen-bond acceptors (Lipinski definition) is 5. The molecule has 10 heteroatoms. The van der Waals surface area contributed by atoms with Crippen LogP contribution in [-0.4, -0.2) is 41.8 Å². The molecule has 110 valence electrons. The zero-order valence-corrected chi connectivity index (χ0v) is 11.9. The van der Waals surface area contributed by atoms with Gasteiger partial charge in [-0.25, -0.2) is 8.42 Å². The van der Waals surface area contributed by atoms with E-state index in [1.165, 1.54) is 6.92 Å². The summed E-state index contributed by atoms with van der Waals surface area (Å²) in [5, 5.41) is 19.1. The van der Waals surface area contributed by atoms with Gasteiger partial charge in [-0.1, -0.05) is 18.5 Å². The van der Waals surface area contributed by atoms with Gasteiger partial charge < -0.3 is 5.11 Å². The van der Waals surface area contributed by atoms with Gasteiger partial charge in [0.1, 0.15) is 11.4 Å². The number of aliphatic carboxylic acids is 1. The van der Waals surface area contributed by atoms with Crippen LogP contribution in [-0.2, 0) is 14.8 Å². The van der Waals surface area contributed by atoms with Gasteiger partial charge in [-0.2, -0.15) is 4.31 Å². The number of nitro benzene ring substituents is 1. The van der Waals surface area contributed by atoms with E-state index < -0.39 is 38.0 Å². The van der Waals surface area contributed by atoms with Crippen molar-refractivity contribution in [3.63, 3.8) is 0 Å². The first-order chi connectivity index (χ1) is 9.20. The van der Waals surface area contributed by atoms with Gasteiger partial charge in [0.25, 0.3) is 5.69 Å². The number of non-ortho nitro benzene ring substituents is 1. The molecule has 0 radical (unpaired) electrons. The Morgan fingerprint density at radius 3 is 2.55 bits per heavy atom. The lowest BCUT2D eigenvalue weighted by Crippen LogP contribution is -2.35. The van der Waals surface area contributed by atoms with Crippen molar-refractivity contribution in [2.75, 3.05) is 13.1 Å². The Morgan fingerprint density at radius 1 is 1.50 bits per heavy atom. The first kappa shape index (κ1) is 16.3. The van der Waals surface area contributed by atoms with Gasteiger partial charge in [0.15, 0.2) is 0 Å². The molecule has 0 atom stereocenters. The van der Waals surface area contributed by atoms with Crippen LogP contribution in [0.5, 0.6) is 0 Å². The van der Waals surface area contributed by atoms with Gasteiger partial charge in [-0.15, -0.1) is 0 Å². The van der Waals surface area contributed by atoms with Gasteiger partial charge in [0, 0.05) is 18.7 Å². The third-order valence-corrected chi connectivity index (χ3v) is 4.81. The molecule has 1 aromatic carbocycles. The van der Waals surface area contributed by atoms with E-state index in [0.717, 1.165) is 18.2 Å². The molecule has 0 bridgehead atoms. The Labute approximate surface area is 119 Å². The van der Waals surface area contributed by atoms with Crippen LogP contribution >= 0.6 is 11.6 Å². The number of carboxylic acid groups (broad SMARTS) is 1. The number of halogens is 1. The van der Waals surface area contributed by atoms with E-state index in [1.807, 2.05) is 0 Å². The molecule has 0 saturated heterocycles. The third-order valence-electron chi connectivity index (χ3n) is 2.41. The number of carboxylic acids is 1. The number of nitro groups is 1. The molecule has 0 aliphatic heterocycles. The van der Waals surface area contributed by atoms with E-state index in [0.29, 0.717) is 4.31 Å². The van der Waals surface area contributed by atoms with Crippen LogP contribution in [0.4, 0.5) is 5.69 Å². The average molecular weight is 323 g/mol. The number of carbonyl (C=O) groups is 1. The van der Waals surface area contributed by atoms with E-state index in [1.54, 1.807) is 0 Å². The standard InChI is InChI=1S/C10H11ClN2O6S/c1-2-12(6-10(14)15)20(18,19)9-5-7(13(16)17)3-4-8(9)11/h3-5H,2,6H2,1H3,(H,14,15). The zero-order chi connectivity index (χ0) is 15.5. The fourth-order valence-corrected chi connectivity index (χ4v) is 3.35. The zero-order valence-electron chi connectivity index (χ0n) is 10.3. The molecule has 0 aliphatic carbocycles. The minimum atomic E-state index is -4.22. The molecular formula is C10H11ClN2O6S. The topological polar surface area (TPSA) is 118 Å². The van der Waals surface area contributed by atoms with Crippen LogP contribution in [0.1, 0.15) is 6.92 Å². The molecule has 0 unspecified atom stereocenters. The summed E-state index contributed by atoms with van der Waals surface area (Å²) in [5.41, 5.74) is -0.445. The van der Waals surface area contributed by atoms with Gasteiger partial charge in [-0.05, 0) is 6.07 Å². The highest BCUT2D eigenvalue weighted by atomic mass is 35.5. The molecular weight excluding hydrogens is 312 g/mol. The van der Waals surface area contributed by atoms with E-state index in [9.17, 15) is 23.3 Å². The Kier molecular flexibility index (Phi) is 5.03. The number of nitrogens with zero attached hydrogens (tertiary/aromatic N) is 2. The van der Waals surface area contributed by atoms with E-state index in [-0.39, 0.29) is 11.6 Å². The molecule has 1 N–H and O–H groups in total. The Bertz CT molecular complexity index is 645. The summed E-state index contributed by atoms with van der Waals surface area (Å²) >= 11 is 5.75. The van der Waals surface area contributed by atoms with Crippen LogP contribution in [0.25, 0.3) is 0 Å². The summed E-state index contributed by atoms with van der Waals surface area (Å²) < 4.78 is 25.2. The van der Waals surface area contributed by atoms with Gasteiger partial charge in [-0.3, -0.25) is 14.9 Å². The van der Waals surface area contributed by atoms with Crippen molar-refractivity contribution < 1.29 is 23.2 Å². The van der Waals surface area contributed by atoms with Crippen LogP contribution < -0.4 is 0 Å². The number of benzene rings is 1. The van der Waals surface area contributed by atoms with Gasteiger partial charge in [0.05, 0.1) is 9.95 Å². The predicted molar refractivity (Wildman–Crippen MR) is 70.2 cm³/mol. The normalized spacial score (nSPS) is 11.6. The molecule has 0 saturated carbocycles. The molecule has 0 aromatic heterocycles. The number of rotatable bonds is 6. The maximum absolute atomic E-state index is 12.3. The predicted octanol–water partition coefficient (Wildman–Crippen LogP) is 1.34. The molecule has 1 aromatic rings. The first-order valence-electron chi connectivity index (χ1n) is 5.36. The highest BCUT2D eigenvalue weighted by molar-refractivity contribution is 7.89. The summed E-state index contributed by atoms with van der Waals surface area (Å²) in [6.07, 6.45) is 0. The largest absolute Gasteiger partial charge is 0.480 e. The molecule has 0 heterocycles. The number of hydrogen-bond donors (Lipinski definition) is 1. The van der Waals surface area contributed by atoms with Crippen molar-refractivity contribution >= 4 is 33.3 Å². The summed E-state index contributed by atoms with van der Waals surface area (Å²) in [4.78, 5) is 20.1. The Balaban J connectivity index is 3.36. The SMILES string of the molecule is CCN(CC(=O)O)S(=O)(=O)c1cc([N+](=O)[O-])ccc1Cl. The van der Waals surface area contributed by atoms with Gasteiger partial charge >= 0.3 is 5.97 Å². The minimum absolute atomic E-state index is 0.104. The van der Waals surface area contributed by atoms with Gasteiger partial charge in [0.2, 0.25) is 10.0 Å². The lowest BCUT2D eigenvalue weighted by atomic mass is 10.3. The smallest absolute Gasteiger partial charge is 0.318 e. The van der Waals surface area contributed by atoms with Crippen molar-refractivity contribution in [1.82, 2.24) is 4.31 Å². The quantitative estimate of drug-likeness (QED) is 0.623. The molecule has 0 spiro atoms. The van der Waals surface area contributed by atoms with Crippen LogP contribution in [0.15, 0.2) is 23.1 Å².